The number of rotatable bonds is 1. The van der Waals surface area contributed by atoms with E-state index in [1.807, 2.05) is 0 Å². The Hall–Kier alpha value is -0.990. The van der Waals surface area contributed by atoms with Crippen molar-refractivity contribution in [3.05, 3.63) is 11.5 Å². The predicted molar refractivity (Wildman–Crippen MR) is 51.6 cm³/mol. The number of hydrogen-bond acceptors (Lipinski definition) is 2. The normalized spacial score (nSPS) is 21.5. The van der Waals surface area contributed by atoms with E-state index in [1.54, 1.807) is 0 Å². The summed E-state index contributed by atoms with van der Waals surface area (Å²) in [6, 6.07) is 0. The predicted octanol–water partition coefficient (Wildman–Crippen LogP) is 1.68. The van der Waals surface area contributed by atoms with Crippen LogP contribution in [0.4, 0.5) is 5.82 Å². The van der Waals surface area contributed by atoms with Gasteiger partial charge in [-0.1, -0.05) is 0 Å². The molecule has 1 fully saturated rings. The van der Waals surface area contributed by atoms with Gasteiger partial charge >= 0.3 is 0 Å². The lowest BCUT2D eigenvalue weighted by Crippen LogP contribution is -2.12. The fourth-order valence-corrected chi connectivity index (χ4v) is 2.25. The number of fused-ring (bicyclic) bond motifs is 1. The van der Waals surface area contributed by atoms with Gasteiger partial charge in [0.2, 0.25) is 0 Å². The van der Waals surface area contributed by atoms with Gasteiger partial charge in [-0.05, 0) is 32.1 Å². The SMILES string of the molecule is Nc1nc(C2CC2)n2c1CCCC2. The van der Waals surface area contributed by atoms with Crippen LogP contribution in [-0.4, -0.2) is 9.55 Å². The minimum absolute atomic E-state index is 0.731. The minimum atomic E-state index is 0.731. The van der Waals surface area contributed by atoms with Crippen LogP contribution in [0.2, 0.25) is 0 Å². The third kappa shape index (κ3) is 1.06. The first-order chi connectivity index (χ1) is 6.36. The average molecular weight is 177 g/mol. The lowest BCUT2D eigenvalue weighted by Gasteiger charge is -2.16. The average Bonchev–Trinajstić information content (AvgIpc) is 2.94. The molecule has 0 saturated heterocycles. The molecular formula is C10H15N3. The van der Waals surface area contributed by atoms with Gasteiger partial charge in [-0.2, -0.15) is 0 Å². The molecule has 1 aliphatic carbocycles. The molecule has 2 aliphatic rings. The van der Waals surface area contributed by atoms with Crippen molar-refractivity contribution >= 4 is 5.82 Å². The van der Waals surface area contributed by atoms with Gasteiger partial charge in [0, 0.05) is 12.5 Å². The molecule has 0 radical (unpaired) electrons. The Bertz CT molecular complexity index is 336. The monoisotopic (exact) mass is 177 g/mol. The number of imidazole rings is 1. The Kier molecular flexibility index (Phi) is 1.43. The summed E-state index contributed by atoms with van der Waals surface area (Å²) in [5.74, 6) is 2.79. The molecule has 3 rings (SSSR count). The molecule has 2 heterocycles. The molecule has 1 aromatic rings. The van der Waals surface area contributed by atoms with Crippen LogP contribution in [0.1, 0.15) is 43.1 Å². The lowest BCUT2D eigenvalue weighted by molar-refractivity contribution is 0.515. The molecule has 0 spiro atoms. The number of aromatic nitrogens is 2. The Morgan fingerprint density at radius 1 is 1.31 bits per heavy atom. The zero-order valence-electron chi connectivity index (χ0n) is 7.79. The third-order valence-electron chi connectivity index (χ3n) is 3.12. The van der Waals surface area contributed by atoms with E-state index in [-0.39, 0.29) is 0 Å². The molecule has 1 aromatic heterocycles. The molecule has 0 bridgehead atoms. The minimum Gasteiger partial charge on any atom is -0.382 e. The smallest absolute Gasteiger partial charge is 0.145 e. The molecule has 3 heteroatoms. The molecule has 1 saturated carbocycles. The standard InChI is InChI=1S/C10H15N3/c11-9-8-3-1-2-6-13(8)10(12-9)7-4-5-7/h7H,1-6,11H2. The maximum absolute atomic E-state index is 5.90. The van der Waals surface area contributed by atoms with Crippen molar-refractivity contribution in [1.82, 2.24) is 9.55 Å². The van der Waals surface area contributed by atoms with Gasteiger partial charge in [-0.3, -0.25) is 0 Å². The van der Waals surface area contributed by atoms with Crippen LogP contribution in [0.3, 0.4) is 0 Å². The van der Waals surface area contributed by atoms with E-state index in [1.165, 1.54) is 37.2 Å². The lowest BCUT2D eigenvalue weighted by atomic mass is 10.1. The summed E-state index contributed by atoms with van der Waals surface area (Å²) in [5, 5.41) is 0. The van der Waals surface area contributed by atoms with Gasteiger partial charge in [0.15, 0.2) is 0 Å². The van der Waals surface area contributed by atoms with E-state index in [0.717, 1.165) is 24.7 Å². The largest absolute Gasteiger partial charge is 0.382 e. The highest BCUT2D eigenvalue weighted by atomic mass is 15.1. The highest BCUT2D eigenvalue weighted by Gasteiger charge is 2.31. The van der Waals surface area contributed by atoms with Crippen LogP contribution in [-0.2, 0) is 13.0 Å². The zero-order valence-corrected chi connectivity index (χ0v) is 7.79. The van der Waals surface area contributed by atoms with Gasteiger partial charge in [0.1, 0.15) is 11.6 Å². The fourth-order valence-electron chi connectivity index (χ4n) is 2.25. The first kappa shape index (κ1) is 7.42. The van der Waals surface area contributed by atoms with Crippen molar-refractivity contribution in [3.63, 3.8) is 0 Å². The second-order valence-electron chi connectivity index (χ2n) is 4.18. The second-order valence-corrected chi connectivity index (χ2v) is 4.18. The van der Waals surface area contributed by atoms with E-state index in [9.17, 15) is 0 Å². The summed E-state index contributed by atoms with van der Waals surface area (Å²) in [4.78, 5) is 4.50. The van der Waals surface area contributed by atoms with Gasteiger partial charge in [-0.25, -0.2) is 4.98 Å². The number of hydrogen-bond donors (Lipinski definition) is 1. The summed E-state index contributed by atoms with van der Waals surface area (Å²) < 4.78 is 2.37. The van der Waals surface area contributed by atoms with Gasteiger partial charge in [0.25, 0.3) is 0 Å². The van der Waals surface area contributed by atoms with E-state index in [4.69, 9.17) is 5.73 Å². The summed E-state index contributed by atoms with van der Waals surface area (Å²) in [7, 11) is 0. The first-order valence-electron chi connectivity index (χ1n) is 5.21. The highest BCUT2D eigenvalue weighted by molar-refractivity contribution is 5.39. The van der Waals surface area contributed by atoms with Crippen molar-refractivity contribution in [2.24, 2.45) is 0 Å². The maximum Gasteiger partial charge on any atom is 0.145 e. The Balaban J connectivity index is 2.09. The van der Waals surface area contributed by atoms with Gasteiger partial charge in [0.05, 0.1) is 5.69 Å². The Labute approximate surface area is 78.0 Å². The van der Waals surface area contributed by atoms with Crippen LogP contribution in [0.15, 0.2) is 0 Å². The molecule has 1 aliphatic heterocycles. The van der Waals surface area contributed by atoms with E-state index >= 15 is 0 Å². The molecule has 3 nitrogen and oxygen atoms in total. The second kappa shape index (κ2) is 2.50. The van der Waals surface area contributed by atoms with Crippen LogP contribution >= 0.6 is 0 Å². The van der Waals surface area contributed by atoms with E-state index in [0.29, 0.717) is 0 Å². The number of nitrogen functional groups attached to an aromatic ring is 1. The summed E-state index contributed by atoms with van der Waals surface area (Å²) in [6.07, 6.45) is 6.33. The molecule has 70 valence electrons. The van der Waals surface area contributed by atoms with Crippen LogP contribution in [0.5, 0.6) is 0 Å². The van der Waals surface area contributed by atoms with Crippen LogP contribution in [0, 0.1) is 0 Å². The summed E-state index contributed by atoms with van der Waals surface area (Å²) in [6.45, 7) is 1.14. The third-order valence-corrected chi connectivity index (χ3v) is 3.12. The van der Waals surface area contributed by atoms with E-state index in [2.05, 4.69) is 9.55 Å². The maximum atomic E-state index is 5.90. The number of anilines is 1. The molecule has 0 atom stereocenters. The van der Waals surface area contributed by atoms with Gasteiger partial charge < -0.3 is 10.3 Å². The van der Waals surface area contributed by atoms with Crippen molar-refractivity contribution in [1.29, 1.82) is 0 Å². The number of nitrogens with two attached hydrogens (primary N) is 1. The molecular weight excluding hydrogens is 162 g/mol. The zero-order chi connectivity index (χ0) is 8.84. The molecule has 0 unspecified atom stereocenters. The molecule has 0 aromatic carbocycles. The van der Waals surface area contributed by atoms with Gasteiger partial charge in [-0.15, -0.1) is 0 Å². The quantitative estimate of drug-likeness (QED) is 0.709. The van der Waals surface area contributed by atoms with Crippen molar-refractivity contribution in [3.8, 4) is 0 Å². The molecule has 13 heavy (non-hydrogen) atoms. The Morgan fingerprint density at radius 2 is 2.15 bits per heavy atom. The summed E-state index contributed by atoms with van der Waals surface area (Å²) in [5.41, 5.74) is 7.20. The van der Waals surface area contributed by atoms with E-state index < -0.39 is 0 Å². The Morgan fingerprint density at radius 3 is 2.92 bits per heavy atom. The van der Waals surface area contributed by atoms with Crippen molar-refractivity contribution in [2.75, 3.05) is 5.73 Å². The van der Waals surface area contributed by atoms with Crippen molar-refractivity contribution in [2.45, 2.75) is 44.6 Å². The van der Waals surface area contributed by atoms with Crippen LogP contribution in [0.25, 0.3) is 0 Å². The van der Waals surface area contributed by atoms with Crippen LogP contribution < -0.4 is 5.73 Å². The molecule has 2 N–H and O–H groups in total. The fraction of sp³-hybridized carbons (Fsp3) is 0.700. The highest BCUT2D eigenvalue weighted by Crippen LogP contribution is 2.41. The summed E-state index contributed by atoms with van der Waals surface area (Å²) >= 11 is 0. The first-order valence-corrected chi connectivity index (χ1v) is 5.21. The topological polar surface area (TPSA) is 43.8 Å². The molecule has 0 amide bonds. The number of nitrogens with zero attached hydrogens (tertiary/aromatic N) is 2. The van der Waals surface area contributed by atoms with Crippen molar-refractivity contribution < 1.29 is 0 Å².